The lowest BCUT2D eigenvalue weighted by atomic mass is 10.4. The first-order chi connectivity index (χ1) is 8.00. The highest BCUT2D eigenvalue weighted by atomic mass is 32.2. The van der Waals surface area contributed by atoms with Gasteiger partial charge in [0.2, 0.25) is 5.91 Å². The van der Waals surface area contributed by atoms with Gasteiger partial charge < -0.3 is 5.32 Å². The van der Waals surface area contributed by atoms with Crippen molar-refractivity contribution >= 4 is 27.3 Å². The summed E-state index contributed by atoms with van der Waals surface area (Å²) in [6.07, 6.45) is 1.58. The van der Waals surface area contributed by atoms with Gasteiger partial charge in [0, 0.05) is 26.1 Å². The van der Waals surface area contributed by atoms with Gasteiger partial charge in [0.1, 0.15) is 0 Å². The van der Waals surface area contributed by atoms with Crippen molar-refractivity contribution in [3.05, 3.63) is 11.2 Å². The standard InChI is InChI=1S/C9H13N3O3S2/c1-7-11-6-9(16-7)17(14,15)12-4-2-8(13)10-3-5-12/h6H,2-5H2,1H3,(H,10,13). The van der Waals surface area contributed by atoms with Crippen LogP contribution in [0.25, 0.3) is 0 Å². The molecule has 2 rings (SSSR count). The molecule has 0 atom stereocenters. The lowest BCUT2D eigenvalue weighted by Gasteiger charge is -2.17. The van der Waals surface area contributed by atoms with Gasteiger partial charge in [-0.15, -0.1) is 11.3 Å². The van der Waals surface area contributed by atoms with Gasteiger partial charge in [0.05, 0.1) is 11.2 Å². The summed E-state index contributed by atoms with van der Waals surface area (Å²) in [7, 11) is -3.49. The monoisotopic (exact) mass is 275 g/mol. The molecular weight excluding hydrogens is 262 g/mol. The zero-order valence-electron chi connectivity index (χ0n) is 9.34. The first kappa shape index (κ1) is 12.5. The molecule has 1 aromatic heterocycles. The molecule has 2 heterocycles. The summed E-state index contributed by atoms with van der Waals surface area (Å²) in [5.74, 6) is -0.108. The normalized spacial score (nSPS) is 18.8. The molecule has 0 unspecified atom stereocenters. The highest BCUT2D eigenvalue weighted by molar-refractivity contribution is 7.91. The molecule has 0 spiro atoms. The Morgan fingerprint density at radius 3 is 2.88 bits per heavy atom. The molecule has 1 aliphatic rings. The van der Waals surface area contributed by atoms with Gasteiger partial charge in [0.15, 0.2) is 4.21 Å². The summed E-state index contributed by atoms with van der Waals surface area (Å²) in [4.78, 5) is 15.1. The third kappa shape index (κ3) is 2.64. The topological polar surface area (TPSA) is 79.4 Å². The lowest BCUT2D eigenvalue weighted by molar-refractivity contribution is -0.120. The van der Waals surface area contributed by atoms with E-state index in [1.165, 1.54) is 10.5 Å². The minimum atomic E-state index is -3.49. The minimum Gasteiger partial charge on any atom is -0.355 e. The zero-order chi connectivity index (χ0) is 12.5. The van der Waals surface area contributed by atoms with Gasteiger partial charge in [-0.25, -0.2) is 13.4 Å². The number of aromatic nitrogens is 1. The van der Waals surface area contributed by atoms with E-state index in [0.717, 1.165) is 11.3 Å². The maximum atomic E-state index is 12.2. The fourth-order valence-electron chi connectivity index (χ4n) is 1.58. The molecule has 1 saturated heterocycles. The maximum Gasteiger partial charge on any atom is 0.254 e. The van der Waals surface area contributed by atoms with Crippen LogP contribution in [0.15, 0.2) is 10.4 Å². The number of sulfonamides is 1. The van der Waals surface area contributed by atoms with E-state index in [-0.39, 0.29) is 23.1 Å². The number of nitrogens with zero attached hydrogens (tertiary/aromatic N) is 2. The quantitative estimate of drug-likeness (QED) is 0.821. The van der Waals surface area contributed by atoms with E-state index in [2.05, 4.69) is 10.3 Å². The highest BCUT2D eigenvalue weighted by Gasteiger charge is 2.28. The fraction of sp³-hybridized carbons (Fsp3) is 0.556. The van der Waals surface area contributed by atoms with Crippen LogP contribution >= 0.6 is 11.3 Å². The van der Waals surface area contributed by atoms with Crippen LogP contribution in [0.4, 0.5) is 0 Å². The first-order valence-electron chi connectivity index (χ1n) is 5.19. The van der Waals surface area contributed by atoms with Crippen LogP contribution in [0.5, 0.6) is 0 Å². The van der Waals surface area contributed by atoms with Crippen molar-refractivity contribution in [1.82, 2.24) is 14.6 Å². The second-order valence-electron chi connectivity index (χ2n) is 3.70. The number of aryl methyl sites for hydroxylation is 1. The minimum absolute atomic E-state index is 0.108. The average molecular weight is 275 g/mol. The van der Waals surface area contributed by atoms with Crippen LogP contribution in [0.3, 0.4) is 0 Å². The largest absolute Gasteiger partial charge is 0.355 e. The Hall–Kier alpha value is -0.990. The molecule has 94 valence electrons. The van der Waals surface area contributed by atoms with E-state index in [1.54, 1.807) is 6.92 Å². The molecule has 1 fully saturated rings. The fourth-order valence-corrected chi connectivity index (χ4v) is 4.28. The van der Waals surface area contributed by atoms with E-state index < -0.39 is 10.0 Å². The molecule has 0 aromatic carbocycles. The molecule has 0 aliphatic carbocycles. The molecule has 8 heteroatoms. The highest BCUT2D eigenvalue weighted by Crippen LogP contribution is 2.22. The summed E-state index contributed by atoms with van der Waals surface area (Å²) in [5.41, 5.74) is 0. The average Bonchev–Trinajstić information content (AvgIpc) is 2.58. The third-order valence-corrected chi connectivity index (χ3v) is 5.71. The number of nitrogens with one attached hydrogen (secondary N) is 1. The summed E-state index contributed by atoms with van der Waals surface area (Å²) in [6, 6.07) is 0. The van der Waals surface area contributed by atoms with Gasteiger partial charge in [0.25, 0.3) is 10.0 Å². The second-order valence-corrected chi connectivity index (χ2v) is 7.10. The number of hydrogen-bond donors (Lipinski definition) is 1. The molecule has 6 nitrogen and oxygen atoms in total. The van der Waals surface area contributed by atoms with Crippen LogP contribution in [0.1, 0.15) is 11.4 Å². The number of hydrogen-bond acceptors (Lipinski definition) is 5. The van der Waals surface area contributed by atoms with E-state index in [9.17, 15) is 13.2 Å². The number of carbonyl (C=O) groups excluding carboxylic acids is 1. The molecule has 17 heavy (non-hydrogen) atoms. The Kier molecular flexibility index (Phi) is 3.45. The Balaban J connectivity index is 2.23. The van der Waals surface area contributed by atoms with Crippen LogP contribution in [-0.2, 0) is 14.8 Å². The number of carbonyl (C=O) groups is 1. The number of thiazole rings is 1. The molecule has 0 radical (unpaired) electrons. The first-order valence-corrected chi connectivity index (χ1v) is 7.45. The van der Waals surface area contributed by atoms with Crippen molar-refractivity contribution in [3.8, 4) is 0 Å². The Bertz CT molecular complexity index is 523. The SMILES string of the molecule is Cc1ncc(S(=O)(=O)N2CCNC(=O)CC2)s1. The van der Waals surface area contributed by atoms with E-state index in [1.807, 2.05) is 0 Å². The molecular formula is C9H13N3O3S2. The van der Waals surface area contributed by atoms with Gasteiger partial charge in [-0.1, -0.05) is 0 Å². The third-order valence-electron chi connectivity index (χ3n) is 2.47. The summed E-state index contributed by atoms with van der Waals surface area (Å²) in [6.45, 7) is 2.66. The molecule has 1 amide bonds. The van der Waals surface area contributed by atoms with Gasteiger partial charge >= 0.3 is 0 Å². The maximum absolute atomic E-state index is 12.2. The molecule has 0 bridgehead atoms. The summed E-state index contributed by atoms with van der Waals surface area (Å²) < 4.78 is 26.0. The van der Waals surface area contributed by atoms with Crippen LogP contribution in [0, 0.1) is 6.92 Å². The summed E-state index contributed by atoms with van der Waals surface area (Å²) >= 11 is 1.15. The molecule has 1 aromatic rings. The molecule has 1 aliphatic heterocycles. The Morgan fingerprint density at radius 1 is 1.47 bits per heavy atom. The van der Waals surface area contributed by atoms with Crippen LogP contribution < -0.4 is 5.32 Å². The van der Waals surface area contributed by atoms with Gasteiger partial charge in [-0.2, -0.15) is 4.31 Å². The van der Waals surface area contributed by atoms with Crippen molar-refractivity contribution in [3.63, 3.8) is 0 Å². The van der Waals surface area contributed by atoms with Crippen molar-refractivity contribution in [2.24, 2.45) is 0 Å². The van der Waals surface area contributed by atoms with E-state index >= 15 is 0 Å². The van der Waals surface area contributed by atoms with Gasteiger partial charge in [-0.3, -0.25) is 4.79 Å². The van der Waals surface area contributed by atoms with Crippen molar-refractivity contribution in [2.45, 2.75) is 17.6 Å². The van der Waals surface area contributed by atoms with Crippen molar-refractivity contribution < 1.29 is 13.2 Å². The number of amides is 1. The Morgan fingerprint density at radius 2 is 2.24 bits per heavy atom. The predicted octanol–water partition coefficient (Wildman–Crippen LogP) is -0.0379. The number of rotatable bonds is 2. The van der Waals surface area contributed by atoms with Crippen molar-refractivity contribution in [2.75, 3.05) is 19.6 Å². The van der Waals surface area contributed by atoms with Crippen LogP contribution in [0.2, 0.25) is 0 Å². The van der Waals surface area contributed by atoms with Gasteiger partial charge in [-0.05, 0) is 6.92 Å². The molecule has 0 saturated carbocycles. The smallest absolute Gasteiger partial charge is 0.254 e. The van der Waals surface area contributed by atoms with Crippen molar-refractivity contribution in [1.29, 1.82) is 0 Å². The molecule has 1 N–H and O–H groups in total. The Labute approximate surface area is 104 Å². The van der Waals surface area contributed by atoms with Crippen LogP contribution in [-0.4, -0.2) is 43.2 Å². The second kappa shape index (κ2) is 4.71. The lowest BCUT2D eigenvalue weighted by Crippen LogP contribution is -2.33. The van der Waals surface area contributed by atoms with E-state index in [4.69, 9.17) is 0 Å². The van der Waals surface area contributed by atoms with E-state index in [0.29, 0.717) is 18.1 Å². The predicted molar refractivity (Wildman–Crippen MR) is 63.2 cm³/mol. The summed E-state index contributed by atoms with van der Waals surface area (Å²) in [5, 5.41) is 3.36. The zero-order valence-corrected chi connectivity index (χ0v) is 11.0.